The molecule has 0 amide bonds. The maximum atomic E-state index is 11.8. The zero-order chi connectivity index (χ0) is 14.7. The van der Waals surface area contributed by atoms with Gasteiger partial charge in [-0.2, -0.15) is 5.10 Å². The van der Waals surface area contributed by atoms with Gasteiger partial charge < -0.3 is 10.1 Å². The van der Waals surface area contributed by atoms with Crippen LogP contribution >= 0.6 is 0 Å². The lowest BCUT2D eigenvalue weighted by Gasteiger charge is -2.01. The Kier molecular flexibility index (Phi) is 3.34. The normalized spacial score (nSPS) is 11.0. The number of fused-ring (bicyclic) bond motifs is 1. The van der Waals surface area contributed by atoms with Gasteiger partial charge in [-0.3, -0.25) is 10.2 Å². The van der Waals surface area contributed by atoms with E-state index in [1.807, 2.05) is 12.1 Å². The molecule has 3 aromatic rings. The second-order valence-corrected chi connectivity index (χ2v) is 4.39. The highest BCUT2D eigenvalue weighted by atomic mass is 16.3. The standard InChI is InChI=1S/C15H12N4O2/c20-11-7-5-10(6-8-11)9-16-19-14-15(21)18-13-4-2-1-3-12(13)17-14/h1-9,20H,(H,17,19)(H,18,21)/b16-9-. The van der Waals surface area contributed by atoms with Gasteiger partial charge in [-0.05, 0) is 42.0 Å². The smallest absolute Gasteiger partial charge is 0.293 e. The van der Waals surface area contributed by atoms with Gasteiger partial charge in [-0.1, -0.05) is 12.1 Å². The van der Waals surface area contributed by atoms with Crippen LogP contribution in [-0.4, -0.2) is 21.3 Å². The zero-order valence-electron chi connectivity index (χ0n) is 10.9. The van der Waals surface area contributed by atoms with Crippen molar-refractivity contribution in [1.29, 1.82) is 0 Å². The van der Waals surface area contributed by atoms with Crippen LogP contribution in [0.2, 0.25) is 0 Å². The summed E-state index contributed by atoms with van der Waals surface area (Å²) in [7, 11) is 0. The average molecular weight is 280 g/mol. The molecule has 104 valence electrons. The van der Waals surface area contributed by atoms with Crippen molar-refractivity contribution in [3.05, 3.63) is 64.4 Å². The molecule has 6 nitrogen and oxygen atoms in total. The Morgan fingerprint density at radius 2 is 1.90 bits per heavy atom. The molecule has 2 aromatic carbocycles. The van der Waals surface area contributed by atoms with Crippen molar-refractivity contribution in [2.75, 3.05) is 5.43 Å². The number of aromatic hydroxyl groups is 1. The summed E-state index contributed by atoms with van der Waals surface area (Å²) in [5.74, 6) is 0.316. The summed E-state index contributed by atoms with van der Waals surface area (Å²) in [5, 5.41) is 13.2. The maximum absolute atomic E-state index is 11.8. The SMILES string of the molecule is O=c1[nH]c2ccccc2nc1N/N=C\c1ccc(O)cc1. The van der Waals surface area contributed by atoms with Crippen molar-refractivity contribution >= 4 is 23.1 Å². The Hall–Kier alpha value is -3.15. The third-order valence-corrected chi connectivity index (χ3v) is 2.88. The maximum Gasteiger partial charge on any atom is 0.293 e. The summed E-state index contributed by atoms with van der Waals surface area (Å²) >= 11 is 0. The van der Waals surface area contributed by atoms with E-state index < -0.39 is 0 Å². The molecule has 0 aliphatic rings. The van der Waals surface area contributed by atoms with Gasteiger partial charge in [0.15, 0.2) is 0 Å². The topological polar surface area (TPSA) is 90.4 Å². The molecular formula is C15H12N4O2. The molecule has 0 atom stereocenters. The van der Waals surface area contributed by atoms with Gasteiger partial charge in [0.2, 0.25) is 5.82 Å². The largest absolute Gasteiger partial charge is 0.508 e. The molecule has 0 bridgehead atoms. The van der Waals surface area contributed by atoms with Gasteiger partial charge in [0.25, 0.3) is 5.56 Å². The van der Waals surface area contributed by atoms with Crippen LogP contribution in [-0.2, 0) is 0 Å². The lowest BCUT2D eigenvalue weighted by molar-refractivity contribution is 0.475. The van der Waals surface area contributed by atoms with Gasteiger partial charge in [0.05, 0.1) is 17.2 Å². The van der Waals surface area contributed by atoms with Crippen LogP contribution in [0.3, 0.4) is 0 Å². The summed E-state index contributed by atoms with van der Waals surface area (Å²) < 4.78 is 0. The molecule has 1 aromatic heterocycles. The van der Waals surface area contributed by atoms with Crippen LogP contribution in [0.1, 0.15) is 5.56 Å². The van der Waals surface area contributed by atoms with Gasteiger partial charge in [-0.15, -0.1) is 0 Å². The predicted octanol–water partition coefficient (Wildman–Crippen LogP) is 2.07. The lowest BCUT2D eigenvalue weighted by Crippen LogP contribution is -2.13. The number of para-hydroxylation sites is 2. The molecule has 3 rings (SSSR count). The Labute approximate surface area is 119 Å². The van der Waals surface area contributed by atoms with Crippen LogP contribution in [0.4, 0.5) is 5.82 Å². The first-order valence-corrected chi connectivity index (χ1v) is 6.29. The van der Waals surface area contributed by atoms with Gasteiger partial charge in [-0.25, -0.2) is 4.98 Å². The van der Waals surface area contributed by atoms with Crippen molar-refractivity contribution in [2.45, 2.75) is 0 Å². The molecule has 6 heteroatoms. The van der Waals surface area contributed by atoms with Crippen molar-refractivity contribution < 1.29 is 5.11 Å². The molecule has 0 saturated carbocycles. The molecule has 1 heterocycles. The molecular weight excluding hydrogens is 268 g/mol. The van der Waals surface area contributed by atoms with Crippen molar-refractivity contribution in [1.82, 2.24) is 9.97 Å². The molecule has 21 heavy (non-hydrogen) atoms. The third-order valence-electron chi connectivity index (χ3n) is 2.88. The highest BCUT2D eigenvalue weighted by Gasteiger charge is 2.02. The van der Waals surface area contributed by atoms with Crippen molar-refractivity contribution in [3.63, 3.8) is 0 Å². The number of aromatic nitrogens is 2. The second kappa shape index (κ2) is 5.46. The van der Waals surface area contributed by atoms with E-state index in [9.17, 15) is 9.90 Å². The van der Waals surface area contributed by atoms with Crippen LogP contribution in [0, 0.1) is 0 Å². The number of hydrazone groups is 1. The van der Waals surface area contributed by atoms with E-state index in [0.717, 1.165) is 5.56 Å². The first kappa shape index (κ1) is 12.9. The lowest BCUT2D eigenvalue weighted by atomic mass is 10.2. The van der Waals surface area contributed by atoms with E-state index in [0.29, 0.717) is 11.0 Å². The third kappa shape index (κ3) is 2.89. The average Bonchev–Trinajstić information content (AvgIpc) is 2.50. The number of anilines is 1. The molecule has 0 aliphatic carbocycles. The van der Waals surface area contributed by atoms with Gasteiger partial charge >= 0.3 is 0 Å². The molecule has 3 N–H and O–H groups in total. The summed E-state index contributed by atoms with van der Waals surface area (Å²) in [6.07, 6.45) is 1.54. The summed E-state index contributed by atoms with van der Waals surface area (Å²) in [4.78, 5) is 18.8. The Morgan fingerprint density at radius 3 is 2.71 bits per heavy atom. The highest BCUT2D eigenvalue weighted by molar-refractivity contribution is 5.80. The van der Waals surface area contributed by atoms with Crippen LogP contribution < -0.4 is 11.0 Å². The number of H-pyrrole nitrogens is 1. The molecule has 0 saturated heterocycles. The Balaban J connectivity index is 1.83. The minimum absolute atomic E-state index is 0.128. The van der Waals surface area contributed by atoms with E-state index in [1.54, 1.807) is 36.4 Å². The predicted molar refractivity (Wildman–Crippen MR) is 81.7 cm³/mol. The molecule has 0 unspecified atom stereocenters. The molecule has 0 spiro atoms. The quantitative estimate of drug-likeness (QED) is 0.506. The number of hydrogen-bond donors (Lipinski definition) is 3. The summed E-state index contributed by atoms with van der Waals surface area (Å²) in [6.45, 7) is 0. The number of phenolic OH excluding ortho intramolecular Hbond substituents is 1. The van der Waals surface area contributed by atoms with Crippen molar-refractivity contribution in [2.24, 2.45) is 5.10 Å². The van der Waals surface area contributed by atoms with Crippen LogP contribution in [0.5, 0.6) is 5.75 Å². The van der Waals surface area contributed by atoms with Crippen LogP contribution in [0.25, 0.3) is 11.0 Å². The number of nitrogens with zero attached hydrogens (tertiary/aromatic N) is 2. The number of aromatic amines is 1. The highest BCUT2D eigenvalue weighted by Crippen LogP contribution is 2.09. The van der Waals surface area contributed by atoms with Crippen molar-refractivity contribution in [3.8, 4) is 5.75 Å². The van der Waals surface area contributed by atoms with E-state index in [-0.39, 0.29) is 17.1 Å². The van der Waals surface area contributed by atoms with E-state index >= 15 is 0 Å². The van der Waals surface area contributed by atoms with Crippen LogP contribution in [0.15, 0.2) is 58.4 Å². The summed E-state index contributed by atoms with van der Waals surface area (Å²) in [6, 6.07) is 13.8. The zero-order valence-corrected chi connectivity index (χ0v) is 10.9. The van der Waals surface area contributed by atoms with E-state index in [1.165, 1.54) is 6.21 Å². The number of phenols is 1. The molecule has 0 radical (unpaired) electrons. The summed E-state index contributed by atoms with van der Waals surface area (Å²) in [5.41, 5.74) is 4.43. The van der Waals surface area contributed by atoms with E-state index in [4.69, 9.17) is 0 Å². The number of rotatable bonds is 3. The fourth-order valence-corrected chi connectivity index (χ4v) is 1.83. The van der Waals surface area contributed by atoms with Gasteiger partial charge in [0.1, 0.15) is 5.75 Å². The second-order valence-electron chi connectivity index (χ2n) is 4.39. The minimum atomic E-state index is -0.337. The number of benzene rings is 2. The Bertz CT molecular complexity index is 853. The first-order chi connectivity index (χ1) is 10.2. The van der Waals surface area contributed by atoms with Gasteiger partial charge in [0, 0.05) is 0 Å². The number of hydrogen-bond acceptors (Lipinski definition) is 5. The minimum Gasteiger partial charge on any atom is -0.508 e. The molecule has 0 aliphatic heterocycles. The fraction of sp³-hybridized carbons (Fsp3) is 0. The molecule has 0 fully saturated rings. The fourth-order valence-electron chi connectivity index (χ4n) is 1.83. The van der Waals surface area contributed by atoms with E-state index in [2.05, 4.69) is 20.5 Å². The first-order valence-electron chi connectivity index (χ1n) is 6.29. The monoisotopic (exact) mass is 280 g/mol. The number of nitrogens with one attached hydrogen (secondary N) is 2. The Morgan fingerprint density at radius 1 is 1.14 bits per heavy atom.